The van der Waals surface area contributed by atoms with E-state index in [0.717, 1.165) is 4.90 Å². The number of hydrogen-bond acceptors (Lipinski definition) is 4. The maximum absolute atomic E-state index is 12.3. The fourth-order valence-electron chi connectivity index (χ4n) is 1.85. The first-order valence-corrected chi connectivity index (χ1v) is 7.88. The van der Waals surface area contributed by atoms with E-state index in [0.29, 0.717) is 17.1 Å². The van der Waals surface area contributed by atoms with Gasteiger partial charge in [0.1, 0.15) is 5.75 Å². The van der Waals surface area contributed by atoms with E-state index in [9.17, 15) is 4.79 Å². The molecule has 0 radical (unpaired) electrons. The summed E-state index contributed by atoms with van der Waals surface area (Å²) < 4.78 is 5.57. The number of carbonyl (C=O) groups is 1. The van der Waals surface area contributed by atoms with Crippen LogP contribution in [0.15, 0.2) is 47.6 Å². The highest BCUT2D eigenvalue weighted by atomic mass is 32.2. The van der Waals surface area contributed by atoms with Crippen molar-refractivity contribution in [2.24, 2.45) is 0 Å². The van der Waals surface area contributed by atoms with Crippen LogP contribution in [0, 0.1) is 6.92 Å². The SMILES string of the molecule is Cc1ccccc1SCC(=O)c1cncc(OC(C)C)c1. The molecule has 0 aliphatic carbocycles. The highest BCUT2D eigenvalue weighted by Gasteiger charge is 2.10. The molecule has 0 spiro atoms. The maximum Gasteiger partial charge on any atom is 0.174 e. The predicted molar refractivity (Wildman–Crippen MR) is 86.2 cm³/mol. The van der Waals surface area contributed by atoms with E-state index in [4.69, 9.17) is 4.74 Å². The Morgan fingerprint density at radius 1 is 1.29 bits per heavy atom. The van der Waals surface area contributed by atoms with Gasteiger partial charge in [0.05, 0.1) is 18.1 Å². The number of aryl methyl sites for hydroxylation is 1. The molecule has 0 bridgehead atoms. The van der Waals surface area contributed by atoms with Gasteiger partial charge in [-0.15, -0.1) is 11.8 Å². The number of hydrogen-bond donors (Lipinski definition) is 0. The lowest BCUT2D eigenvalue weighted by molar-refractivity contribution is 0.102. The minimum absolute atomic E-state index is 0.0601. The van der Waals surface area contributed by atoms with Gasteiger partial charge in [0.15, 0.2) is 5.78 Å². The Hall–Kier alpha value is -1.81. The van der Waals surface area contributed by atoms with Crippen LogP contribution in [0.25, 0.3) is 0 Å². The molecular formula is C17H19NO2S. The molecule has 0 saturated carbocycles. The van der Waals surface area contributed by atoms with Crippen molar-refractivity contribution in [3.63, 3.8) is 0 Å². The van der Waals surface area contributed by atoms with Crippen LogP contribution in [-0.2, 0) is 0 Å². The zero-order valence-corrected chi connectivity index (χ0v) is 13.3. The van der Waals surface area contributed by atoms with Crippen molar-refractivity contribution in [3.8, 4) is 5.75 Å². The van der Waals surface area contributed by atoms with E-state index in [1.807, 2.05) is 45.0 Å². The zero-order chi connectivity index (χ0) is 15.2. The highest BCUT2D eigenvalue weighted by Crippen LogP contribution is 2.23. The normalized spacial score (nSPS) is 10.7. The average molecular weight is 301 g/mol. The number of benzene rings is 1. The van der Waals surface area contributed by atoms with Crippen LogP contribution in [0.5, 0.6) is 5.75 Å². The molecule has 1 aromatic heterocycles. The molecule has 0 aliphatic rings. The smallest absolute Gasteiger partial charge is 0.174 e. The third-order valence-corrected chi connectivity index (χ3v) is 4.03. The second kappa shape index (κ2) is 7.27. The number of thioether (sulfide) groups is 1. The first-order chi connectivity index (χ1) is 10.1. The van der Waals surface area contributed by atoms with E-state index in [2.05, 4.69) is 4.98 Å². The Bertz CT molecular complexity index is 626. The van der Waals surface area contributed by atoms with Crippen molar-refractivity contribution < 1.29 is 9.53 Å². The summed E-state index contributed by atoms with van der Waals surface area (Å²) in [4.78, 5) is 17.5. The van der Waals surface area contributed by atoms with Gasteiger partial charge in [0.25, 0.3) is 0 Å². The highest BCUT2D eigenvalue weighted by molar-refractivity contribution is 8.00. The Morgan fingerprint density at radius 2 is 2.05 bits per heavy atom. The minimum Gasteiger partial charge on any atom is -0.489 e. The Morgan fingerprint density at radius 3 is 2.76 bits per heavy atom. The number of ether oxygens (including phenoxy) is 1. The maximum atomic E-state index is 12.3. The summed E-state index contributed by atoms with van der Waals surface area (Å²) in [6.45, 7) is 5.94. The van der Waals surface area contributed by atoms with Crippen LogP contribution >= 0.6 is 11.8 Å². The molecule has 1 aromatic carbocycles. The van der Waals surface area contributed by atoms with Crippen molar-refractivity contribution in [2.45, 2.75) is 31.8 Å². The summed E-state index contributed by atoms with van der Waals surface area (Å²) in [5.41, 5.74) is 1.78. The molecule has 2 aromatic rings. The molecule has 0 fully saturated rings. The Balaban J connectivity index is 2.02. The Kier molecular flexibility index (Phi) is 5.39. The molecule has 0 saturated heterocycles. The molecular weight excluding hydrogens is 282 g/mol. The van der Waals surface area contributed by atoms with Crippen LogP contribution in [-0.4, -0.2) is 22.6 Å². The number of nitrogens with zero attached hydrogens (tertiary/aromatic N) is 1. The van der Waals surface area contributed by atoms with E-state index < -0.39 is 0 Å². The third kappa shape index (κ3) is 4.60. The molecule has 0 amide bonds. The number of Topliss-reactive ketones (excluding diaryl/α,β-unsaturated/α-hetero) is 1. The molecule has 0 atom stereocenters. The van der Waals surface area contributed by atoms with Gasteiger partial charge < -0.3 is 4.74 Å². The van der Waals surface area contributed by atoms with Gasteiger partial charge in [-0.1, -0.05) is 18.2 Å². The lowest BCUT2D eigenvalue weighted by atomic mass is 10.2. The molecule has 110 valence electrons. The second-order valence-corrected chi connectivity index (χ2v) is 6.07. The fourth-order valence-corrected chi connectivity index (χ4v) is 2.78. The fraction of sp³-hybridized carbons (Fsp3) is 0.294. The van der Waals surface area contributed by atoms with Gasteiger partial charge in [-0.05, 0) is 38.5 Å². The van der Waals surface area contributed by atoms with Gasteiger partial charge in [0, 0.05) is 16.7 Å². The third-order valence-electron chi connectivity index (χ3n) is 2.86. The number of pyridine rings is 1. The predicted octanol–water partition coefficient (Wildman–Crippen LogP) is 4.15. The van der Waals surface area contributed by atoms with E-state index in [-0.39, 0.29) is 11.9 Å². The lowest BCUT2D eigenvalue weighted by Crippen LogP contribution is -2.08. The minimum atomic E-state index is 0.0601. The van der Waals surface area contributed by atoms with E-state index >= 15 is 0 Å². The van der Waals surface area contributed by atoms with Crippen LogP contribution in [0.3, 0.4) is 0 Å². The largest absolute Gasteiger partial charge is 0.489 e. The molecule has 0 N–H and O–H groups in total. The standard InChI is InChI=1S/C17H19NO2S/c1-12(2)20-15-8-14(9-18-10-15)16(19)11-21-17-7-5-4-6-13(17)3/h4-10,12H,11H2,1-3H3. The van der Waals surface area contributed by atoms with Crippen LogP contribution in [0.2, 0.25) is 0 Å². The summed E-state index contributed by atoms with van der Waals surface area (Å²) in [7, 11) is 0. The number of carbonyl (C=O) groups excluding carboxylic acids is 1. The van der Waals surface area contributed by atoms with Crippen molar-refractivity contribution in [3.05, 3.63) is 53.9 Å². The average Bonchev–Trinajstić information content (AvgIpc) is 2.45. The van der Waals surface area contributed by atoms with Crippen molar-refractivity contribution in [2.75, 3.05) is 5.75 Å². The van der Waals surface area contributed by atoms with Gasteiger partial charge in [-0.25, -0.2) is 0 Å². The number of rotatable bonds is 6. The zero-order valence-electron chi connectivity index (χ0n) is 12.5. The van der Waals surface area contributed by atoms with Crippen molar-refractivity contribution in [1.29, 1.82) is 0 Å². The van der Waals surface area contributed by atoms with Crippen LogP contribution < -0.4 is 4.74 Å². The van der Waals surface area contributed by atoms with E-state index in [1.54, 1.807) is 30.2 Å². The molecule has 1 heterocycles. The summed E-state index contributed by atoms with van der Waals surface area (Å²) in [6, 6.07) is 9.82. The summed E-state index contributed by atoms with van der Waals surface area (Å²) in [5.74, 6) is 1.10. The molecule has 0 unspecified atom stereocenters. The molecule has 0 aliphatic heterocycles. The van der Waals surface area contributed by atoms with Crippen LogP contribution in [0.4, 0.5) is 0 Å². The first-order valence-electron chi connectivity index (χ1n) is 6.89. The molecule has 2 rings (SSSR count). The van der Waals surface area contributed by atoms with Crippen LogP contribution in [0.1, 0.15) is 29.8 Å². The van der Waals surface area contributed by atoms with Gasteiger partial charge >= 0.3 is 0 Å². The number of ketones is 1. The summed E-state index contributed by atoms with van der Waals surface area (Å²) in [6.07, 6.45) is 3.29. The summed E-state index contributed by atoms with van der Waals surface area (Å²) in [5, 5.41) is 0. The molecule has 4 heteroatoms. The molecule has 3 nitrogen and oxygen atoms in total. The Labute approximate surface area is 129 Å². The van der Waals surface area contributed by atoms with Gasteiger partial charge in [0.2, 0.25) is 0 Å². The topological polar surface area (TPSA) is 39.2 Å². The van der Waals surface area contributed by atoms with E-state index in [1.165, 1.54) is 5.56 Å². The monoisotopic (exact) mass is 301 g/mol. The second-order valence-electron chi connectivity index (χ2n) is 5.05. The lowest BCUT2D eigenvalue weighted by Gasteiger charge is -2.10. The van der Waals surface area contributed by atoms with Gasteiger partial charge in [-0.3, -0.25) is 9.78 Å². The first kappa shape index (κ1) is 15.6. The molecule has 21 heavy (non-hydrogen) atoms. The summed E-state index contributed by atoms with van der Waals surface area (Å²) >= 11 is 1.55. The number of aromatic nitrogens is 1. The van der Waals surface area contributed by atoms with Crippen molar-refractivity contribution >= 4 is 17.5 Å². The van der Waals surface area contributed by atoms with Crippen molar-refractivity contribution in [1.82, 2.24) is 4.98 Å². The van der Waals surface area contributed by atoms with Gasteiger partial charge in [-0.2, -0.15) is 0 Å². The quantitative estimate of drug-likeness (QED) is 0.593.